The first-order chi connectivity index (χ1) is 15.5. The summed E-state index contributed by atoms with van der Waals surface area (Å²) in [6, 6.07) is 13.7. The second-order valence-corrected chi connectivity index (χ2v) is 9.51. The Kier molecular flexibility index (Phi) is 5.99. The number of nitrogens with zero attached hydrogens (tertiary/aromatic N) is 2. The summed E-state index contributed by atoms with van der Waals surface area (Å²) in [7, 11) is 0. The molecule has 1 aliphatic carbocycles. The van der Waals surface area contributed by atoms with E-state index in [4.69, 9.17) is 4.74 Å². The van der Waals surface area contributed by atoms with Gasteiger partial charge >= 0.3 is 0 Å². The summed E-state index contributed by atoms with van der Waals surface area (Å²) in [5.41, 5.74) is 1.50. The van der Waals surface area contributed by atoms with E-state index in [2.05, 4.69) is 4.90 Å². The molecule has 3 aliphatic rings. The van der Waals surface area contributed by atoms with E-state index in [0.29, 0.717) is 30.7 Å². The molecule has 3 fully saturated rings. The first-order valence-electron chi connectivity index (χ1n) is 11.7. The van der Waals surface area contributed by atoms with Crippen molar-refractivity contribution in [1.82, 2.24) is 9.80 Å². The van der Waals surface area contributed by atoms with Crippen LogP contribution >= 0.6 is 0 Å². The number of likely N-dealkylation sites (tertiary alicyclic amines) is 1. The zero-order valence-electron chi connectivity index (χ0n) is 18.3. The van der Waals surface area contributed by atoms with E-state index in [1.165, 1.54) is 25.0 Å². The van der Waals surface area contributed by atoms with E-state index in [0.717, 1.165) is 44.4 Å². The van der Waals surface area contributed by atoms with Gasteiger partial charge in [-0.2, -0.15) is 0 Å². The average Bonchev–Trinajstić information content (AvgIpc) is 3.65. The highest BCUT2D eigenvalue weighted by Gasteiger charge is 2.45. The molecule has 2 aliphatic heterocycles. The highest BCUT2D eigenvalue weighted by atomic mass is 19.1. The van der Waals surface area contributed by atoms with Crippen molar-refractivity contribution in [1.29, 1.82) is 0 Å². The lowest BCUT2D eigenvalue weighted by atomic mass is 9.81. The van der Waals surface area contributed by atoms with E-state index in [1.807, 2.05) is 17.0 Å². The van der Waals surface area contributed by atoms with Gasteiger partial charge in [-0.25, -0.2) is 8.78 Å². The minimum Gasteiger partial charge on any atom is -0.375 e. The first kappa shape index (κ1) is 21.5. The molecule has 2 aromatic rings. The Labute approximate surface area is 188 Å². The van der Waals surface area contributed by atoms with E-state index in [-0.39, 0.29) is 23.1 Å². The number of carbonyl (C=O) groups is 1. The highest BCUT2D eigenvalue weighted by molar-refractivity contribution is 5.94. The number of benzene rings is 2. The standard InChI is InChI=1S/C26H30F2N2O2/c27-21-5-1-19(2-6-21)18-30(23-9-10-23)24-11-16-32-26(17-24)12-14-29(15-13-26)25(31)20-3-7-22(28)8-4-20/h1-8,23-24H,9-18H2. The van der Waals surface area contributed by atoms with Crippen LogP contribution in [-0.2, 0) is 11.3 Å². The highest BCUT2D eigenvalue weighted by Crippen LogP contribution is 2.40. The largest absolute Gasteiger partial charge is 0.375 e. The number of ether oxygens (including phenoxy) is 1. The van der Waals surface area contributed by atoms with Gasteiger partial charge < -0.3 is 9.64 Å². The zero-order valence-corrected chi connectivity index (χ0v) is 18.3. The van der Waals surface area contributed by atoms with Gasteiger partial charge in [-0.3, -0.25) is 9.69 Å². The van der Waals surface area contributed by atoms with Crippen molar-refractivity contribution >= 4 is 5.91 Å². The Morgan fingerprint density at radius 1 is 0.938 bits per heavy atom. The fraction of sp³-hybridized carbons (Fsp3) is 0.500. The van der Waals surface area contributed by atoms with Gasteiger partial charge in [0.15, 0.2) is 0 Å². The Bertz CT molecular complexity index is 935. The van der Waals surface area contributed by atoms with Crippen LogP contribution in [0.15, 0.2) is 48.5 Å². The second kappa shape index (κ2) is 8.91. The number of piperidine rings is 1. The average molecular weight is 441 g/mol. The molecule has 1 amide bonds. The van der Waals surface area contributed by atoms with Gasteiger partial charge in [0.05, 0.1) is 5.60 Å². The predicted octanol–water partition coefficient (Wildman–Crippen LogP) is 4.78. The number of amides is 1. The lowest BCUT2D eigenvalue weighted by Gasteiger charge is -2.48. The molecule has 1 saturated carbocycles. The van der Waals surface area contributed by atoms with E-state index < -0.39 is 0 Å². The van der Waals surface area contributed by atoms with E-state index in [9.17, 15) is 13.6 Å². The molecule has 1 unspecified atom stereocenters. The predicted molar refractivity (Wildman–Crippen MR) is 118 cm³/mol. The van der Waals surface area contributed by atoms with Crippen molar-refractivity contribution in [2.45, 2.75) is 62.8 Å². The number of hydrogen-bond acceptors (Lipinski definition) is 3. The van der Waals surface area contributed by atoms with E-state index >= 15 is 0 Å². The first-order valence-corrected chi connectivity index (χ1v) is 11.7. The van der Waals surface area contributed by atoms with Crippen LogP contribution in [0.4, 0.5) is 8.78 Å². The van der Waals surface area contributed by atoms with Crippen molar-refractivity contribution in [2.24, 2.45) is 0 Å². The van der Waals surface area contributed by atoms with Crippen molar-refractivity contribution < 1.29 is 18.3 Å². The van der Waals surface area contributed by atoms with Crippen LogP contribution in [-0.4, -0.2) is 53.1 Å². The molecule has 4 nitrogen and oxygen atoms in total. The van der Waals surface area contributed by atoms with Crippen molar-refractivity contribution in [3.8, 4) is 0 Å². The quantitative estimate of drug-likeness (QED) is 0.671. The van der Waals surface area contributed by atoms with E-state index in [1.54, 1.807) is 24.3 Å². The molecule has 0 bridgehead atoms. The van der Waals surface area contributed by atoms with Crippen LogP contribution < -0.4 is 0 Å². The minimum atomic E-state index is -0.332. The maximum Gasteiger partial charge on any atom is 0.253 e. The van der Waals surface area contributed by atoms with Gasteiger partial charge in [0.2, 0.25) is 0 Å². The third-order valence-electron chi connectivity index (χ3n) is 7.28. The summed E-state index contributed by atoms with van der Waals surface area (Å²) in [4.78, 5) is 17.3. The Morgan fingerprint density at radius 2 is 1.56 bits per heavy atom. The molecule has 170 valence electrons. The van der Waals surface area contributed by atoms with Crippen molar-refractivity contribution in [3.63, 3.8) is 0 Å². The molecular formula is C26H30F2N2O2. The summed E-state index contributed by atoms with van der Waals surface area (Å²) >= 11 is 0. The Hall–Kier alpha value is -2.31. The summed E-state index contributed by atoms with van der Waals surface area (Å²) in [6.07, 6.45) is 6.09. The Balaban J connectivity index is 1.23. The number of rotatable bonds is 5. The van der Waals surface area contributed by atoms with Crippen LogP contribution in [0.5, 0.6) is 0 Å². The lowest BCUT2D eigenvalue weighted by Crippen LogP contribution is -2.54. The van der Waals surface area contributed by atoms with Crippen LogP contribution in [0.1, 0.15) is 54.4 Å². The zero-order chi connectivity index (χ0) is 22.1. The molecule has 0 N–H and O–H groups in total. The number of carbonyl (C=O) groups excluding carboxylic acids is 1. The summed E-state index contributed by atoms with van der Waals surface area (Å²) in [6.45, 7) is 2.90. The summed E-state index contributed by atoms with van der Waals surface area (Å²) in [5, 5.41) is 0. The summed E-state index contributed by atoms with van der Waals surface area (Å²) < 4.78 is 32.9. The normalized spacial score (nSPS) is 23.0. The fourth-order valence-electron chi connectivity index (χ4n) is 5.29. The van der Waals surface area contributed by atoms with Crippen molar-refractivity contribution in [3.05, 3.63) is 71.3 Å². The lowest BCUT2D eigenvalue weighted by molar-refractivity contribution is -0.131. The molecule has 2 saturated heterocycles. The number of hydrogen-bond donors (Lipinski definition) is 0. The molecule has 0 radical (unpaired) electrons. The van der Waals surface area contributed by atoms with Crippen LogP contribution in [0, 0.1) is 11.6 Å². The maximum absolute atomic E-state index is 13.3. The van der Waals surface area contributed by atoms with Gasteiger partial charge in [-0.15, -0.1) is 0 Å². The fourth-order valence-corrected chi connectivity index (χ4v) is 5.29. The van der Waals surface area contributed by atoms with Crippen LogP contribution in [0.25, 0.3) is 0 Å². The topological polar surface area (TPSA) is 32.8 Å². The molecule has 2 aromatic carbocycles. The van der Waals surface area contributed by atoms with Crippen LogP contribution in [0.2, 0.25) is 0 Å². The van der Waals surface area contributed by atoms with Gasteiger partial charge in [-0.05, 0) is 80.5 Å². The number of halogens is 2. The van der Waals surface area contributed by atoms with Gasteiger partial charge in [0.1, 0.15) is 11.6 Å². The third kappa shape index (κ3) is 4.71. The molecule has 32 heavy (non-hydrogen) atoms. The van der Waals surface area contributed by atoms with Crippen LogP contribution in [0.3, 0.4) is 0 Å². The molecule has 2 heterocycles. The Morgan fingerprint density at radius 3 is 2.19 bits per heavy atom. The molecule has 1 atom stereocenters. The smallest absolute Gasteiger partial charge is 0.253 e. The van der Waals surface area contributed by atoms with Gasteiger partial charge in [0, 0.05) is 43.9 Å². The van der Waals surface area contributed by atoms with Crippen molar-refractivity contribution in [2.75, 3.05) is 19.7 Å². The summed E-state index contributed by atoms with van der Waals surface area (Å²) in [5.74, 6) is -0.566. The SMILES string of the molecule is O=C(c1ccc(F)cc1)N1CCC2(CC1)CC(N(Cc1ccc(F)cc1)C1CC1)CCO2. The minimum absolute atomic E-state index is 0.0388. The van der Waals surface area contributed by atoms with Gasteiger partial charge in [-0.1, -0.05) is 12.1 Å². The molecular weight excluding hydrogens is 410 g/mol. The van der Waals surface area contributed by atoms with Gasteiger partial charge in [0.25, 0.3) is 5.91 Å². The third-order valence-corrected chi connectivity index (χ3v) is 7.28. The molecule has 0 aromatic heterocycles. The molecule has 5 rings (SSSR count). The monoisotopic (exact) mass is 440 g/mol. The molecule has 6 heteroatoms. The second-order valence-electron chi connectivity index (χ2n) is 9.51. The molecule has 1 spiro atoms. The maximum atomic E-state index is 13.3.